The standard InChI is InChI=1S/C19H26BrNO2/c1-2-3-10-15(20)11-6-4-5-9-14-21-18(22)16-12-7-8-13-17(16)19(21)23/h7-8,12-13,15H,2-6,9-11,14H2,1H3. The Morgan fingerprint density at radius 1 is 0.913 bits per heavy atom. The third-order valence-electron chi connectivity index (χ3n) is 4.40. The summed E-state index contributed by atoms with van der Waals surface area (Å²) in [4.78, 5) is 26.5. The maximum absolute atomic E-state index is 12.2. The first-order chi connectivity index (χ1) is 11.1. The van der Waals surface area contributed by atoms with E-state index in [1.54, 1.807) is 12.1 Å². The van der Waals surface area contributed by atoms with E-state index in [1.165, 1.54) is 37.0 Å². The molecule has 23 heavy (non-hydrogen) atoms. The molecule has 0 N–H and O–H groups in total. The fourth-order valence-corrected chi connectivity index (χ4v) is 3.65. The number of nitrogens with zero attached hydrogens (tertiary/aromatic N) is 1. The van der Waals surface area contributed by atoms with Gasteiger partial charge >= 0.3 is 0 Å². The van der Waals surface area contributed by atoms with E-state index in [2.05, 4.69) is 22.9 Å². The van der Waals surface area contributed by atoms with E-state index in [-0.39, 0.29) is 11.8 Å². The van der Waals surface area contributed by atoms with Gasteiger partial charge in [-0.3, -0.25) is 14.5 Å². The smallest absolute Gasteiger partial charge is 0.261 e. The number of hydrogen-bond donors (Lipinski definition) is 0. The van der Waals surface area contributed by atoms with E-state index in [9.17, 15) is 9.59 Å². The summed E-state index contributed by atoms with van der Waals surface area (Å²) in [7, 11) is 0. The van der Waals surface area contributed by atoms with Crippen molar-refractivity contribution in [2.45, 2.75) is 63.1 Å². The molecule has 1 aliphatic heterocycles. The minimum Gasteiger partial charge on any atom is -0.274 e. The lowest BCUT2D eigenvalue weighted by molar-refractivity contribution is 0.0651. The maximum Gasteiger partial charge on any atom is 0.261 e. The first-order valence-corrected chi connectivity index (χ1v) is 9.66. The van der Waals surface area contributed by atoms with Gasteiger partial charge in [0.15, 0.2) is 0 Å². The van der Waals surface area contributed by atoms with Crippen LogP contribution < -0.4 is 0 Å². The van der Waals surface area contributed by atoms with Gasteiger partial charge in [0.05, 0.1) is 11.1 Å². The molecule has 0 bridgehead atoms. The Morgan fingerprint density at radius 3 is 2.09 bits per heavy atom. The van der Waals surface area contributed by atoms with Crippen LogP contribution in [0, 0.1) is 0 Å². The highest BCUT2D eigenvalue weighted by atomic mass is 79.9. The summed E-state index contributed by atoms with van der Waals surface area (Å²) in [6.07, 6.45) is 9.35. The summed E-state index contributed by atoms with van der Waals surface area (Å²) in [5, 5.41) is 0. The molecular formula is C19H26BrNO2. The van der Waals surface area contributed by atoms with Crippen molar-refractivity contribution in [2.24, 2.45) is 0 Å². The summed E-state index contributed by atoms with van der Waals surface area (Å²) >= 11 is 3.74. The number of alkyl halides is 1. The van der Waals surface area contributed by atoms with Crippen LogP contribution in [0.3, 0.4) is 0 Å². The molecule has 1 heterocycles. The van der Waals surface area contributed by atoms with Gasteiger partial charge in [0, 0.05) is 11.4 Å². The molecule has 0 saturated heterocycles. The Bertz CT molecular complexity index is 509. The number of unbranched alkanes of at least 4 members (excludes halogenated alkanes) is 4. The number of fused-ring (bicyclic) bond motifs is 1. The Hall–Kier alpha value is -1.16. The third kappa shape index (κ3) is 4.90. The second-order valence-corrected chi connectivity index (χ2v) is 7.54. The molecule has 1 aromatic rings. The number of carbonyl (C=O) groups is 2. The largest absolute Gasteiger partial charge is 0.274 e. The van der Waals surface area contributed by atoms with Crippen LogP contribution in [0.25, 0.3) is 0 Å². The van der Waals surface area contributed by atoms with E-state index in [1.807, 2.05) is 12.1 Å². The zero-order valence-corrected chi connectivity index (χ0v) is 15.5. The van der Waals surface area contributed by atoms with Crippen molar-refractivity contribution < 1.29 is 9.59 Å². The summed E-state index contributed by atoms with van der Waals surface area (Å²) in [6.45, 7) is 2.76. The highest BCUT2D eigenvalue weighted by molar-refractivity contribution is 9.09. The van der Waals surface area contributed by atoms with E-state index >= 15 is 0 Å². The average Bonchev–Trinajstić information content (AvgIpc) is 2.81. The minimum atomic E-state index is -0.134. The molecule has 2 amide bonds. The molecule has 1 aromatic carbocycles. The fourth-order valence-electron chi connectivity index (χ4n) is 3.00. The molecule has 0 spiro atoms. The molecule has 3 nitrogen and oxygen atoms in total. The summed E-state index contributed by atoms with van der Waals surface area (Å²) in [5.41, 5.74) is 1.10. The monoisotopic (exact) mass is 379 g/mol. The summed E-state index contributed by atoms with van der Waals surface area (Å²) < 4.78 is 0. The first kappa shape index (κ1) is 18.2. The SMILES string of the molecule is CCCCC(Br)CCCCCCN1C(=O)c2ccccc2C1=O. The fraction of sp³-hybridized carbons (Fsp3) is 0.579. The normalized spacial score (nSPS) is 15.1. The number of amides is 2. The predicted molar refractivity (Wildman–Crippen MR) is 97.1 cm³/mol. The van der Waals surface area contributed by atoms with E-state index in [0.29, 0.717) is 22.5 Å². The number of halogens is 1. The highest BCUT2D eigenvalue weighted by Crippen LogP contribution is 2.23. The maximum atomic E-state index is 12.2. The van der Waals surface area contributed by atoms with E-state index in [4.69, 9.17) is 0 Å². The third-order valence-corrected chi connectivity index (χ3v) is 5.31. The van der Waals surface area contributed by atoms with Crippen molar-refractivity contribution in [1.82, 2.24) is 4.90 Å². The minimum absolute atomic E-state index is 0.134. The molecule has 0 saturated carbocycles. The molecule has 0 aromatic heterocycles. The van der Waals surface area contributed by atoms with E-state index < -0.39 is 0 Å². The lowest BCUT2D eigenvalue weighted by Crippen LogP contribution is -2.30. The van der Waals surface area contributed by atoms with Crippen molar-refractivity contribution in [3.05, 3.63) is 35.4 Å². The van der Waals surface area contributed by atoms with Crippen LogP contribution in [0.15, 0.2) is 24.3 Å². The lowest BCUT2D eigenvalue weighted by atomic mass is 10.1. The molecule has 0 fully saturated rings. The van der Waals surface area contributed by atoms with Gasteiger partial charge < -0.3 is 0 Å². The Kier molecular flexibility index (Phi) is 7.28. The number of carbonyl (C=O) groups excluding carboxylic acids is 2. The predicted octanol–water partition coefficient (Wildman–Crippen LogP) is 5.19. The van der Waals surface area contributed by atoms with Crippen LogP contribution in [0.2, 0.25) is 0 Å². The van der Waals surface area contributed by atoms with Gasteiger partial charge in [-0.15, -0.1) is 0 Å². The van der Waals surface area contributed by atoms with Gasteiger partial charge in [-0.25, -0.2) is 0 Å². The van der Waals surface area contributed by atoms with Crippen molar-refractivity contribution in [3.63, 3.8) is 0 Å². The molecule has 1 atom stereocenters. The molecular weight excluding hydrogens is 354 g/mol. The van der Waals surface area contributed by atoms with Crippen LogP contribution in [0.1, 0.15) is 79.0 Å². The quantitative estimate of drug-likeness (QED) is 0.318. The molecule has 0 radical (unpaired) electrons. The van der Waals surface area contributed by atoms with Crippen molar-refractivity contribution in [1.29, 1.82) is 0 Å². The van der Waals surface area contributed by atoms with Gasteiger partial charge in [0.1, 0.15) is 0 Å². The Labute approximate surface area is 147 Å². The molecule has 126 valence electrons. The molecule has 2 rings (SSSR count). The first-order valence-electron chi connectivity index (χ1n) is 8.74. The molecule has 0 aliphatic carbocycles. The van der Waals surface area contributed by atoms with Crippen molar-refractivity contribution in [2.75, 3.05) is 6.54 Å². The number of rotatable bonds is 10. The molecule has 1 unspecified atom stereocenters. The molecule has 1 aliphatic rings. The lowest BCUT2D eigenvalue weighted by Gasteiger charge is -2.13. The van der Waals surface area contributed by atoms with Gasteiger partial charge in [0.25, 0.3) is 11.8 Å². The second-order valence-electron chi connectivity index (χ2n) is 6.25. The van der Waals surface area contributed by atoms with Crippen LogP contribution in [-0.2, 0) is 0 Å². The number of benzene rings is 1. The second kappa shape index (κ2) is 9.21. The van der Waals surface area contributed by atoms with Crippen molar-refractivity contribution >= 4 is 27.7 Å². The van der Waals surface area contributed by atoms with Gasteiger partial charge in [-0.2, -0.15) is 0 Å². The van der Waals surface area contributed by atoms with Crippen LogP contribution in [-0.4, -0.2) is 28.1 Å². The average molecular weight is 380 g/mol. The van der Waals surface area contributed by atoms with Crippen molar-refractivity contribution in [3.8, 4) is 0 Å². The molecule has 4 heteroatoms. The zero-order valence-electron chi connectivity index (χ0n) is 13.9. The number of imide groups is 1. The Morgan fingerprint density at radius 2 is 1.48 bits per heavy atom. The highest BCUT2D eigenvalue weighted by Gasteiger charge is 2.34. The van der Waals surface area contributed by atoms with Gasteiger partial charge in [-0.1, -0.05) is 67.1 Å². The van der Waals surface area contributed by atoms with Crippen LogP contribution in [0.4, 0.5) is 0 Å². The van der Waals surface area contributed by atoms with E-state index in [0.717, 1.165) is 19.3 Å². The van der Waals surface area contributed by atoms with Crippen LogP contribution >= 0.6 is 15.9 Å². The Balaban J connectivity index is 1.64. The number of hydrogen-bond acceptors (Lipinski definition) is 2. The van der Waals surface area contributed by atoms with Crippen LogP contribution in [0.5, 0.6) is 0 Å². The van der Waals surface area contributed by atoms with Gasteiger partial charge in [0.2, 0.25) is 0 Å². The zero-order chi connectivity index (χ0) is 16.7. The topological polar surface area (TPSA) is 37.4 Å². The van der Waals surface area contributed by atoms with Gasteiger partial charge in [-0.05, 0) is 31.4 Å². The summed E-state index contributed by atoms with van der Waals surface area (Å²) in [6, 6.07) is 7.09. The summed E-state index contributed by atoms with van der Waals surface area (Å²) in [5.74, 6) is -0.267.